The summed E-state index contributed by atoms with van der Waals surface area (Å²) in [5, 5.41) is 3.43. The molecular formula is C18H15Cl2N3O5S. The van der Waals surface area contributed by atoms with E-state index in [0.29, 0.717) is 21.9 Å². The number of carbonyl (C=O) groups is 3. The highest BCUT2D eigenvalue weighted by atomic mass is 35.5. The summed E-state index contributed by atoms with van der Waals surface area (Å²) in [7, 11) is 2.44. The molecule has 29 heavy (non-hydrogen) atoms. The van der Waals surface area contributed by atoms with Gasteiger partial charge in [-0.25, -0.2) is 14.6 Å². The second kappa shape index (κ2) is 8.02. The zero-order valence-electron chi connectivity index (χ0n) is 15.8. The molecule has 3 aromatic rings. The summed E-state index contributed by atoms with van der Waals surface area (Å²) >= 11 is 13.1. The van der Waals surface area contributed by atoms with Gasteiger partial charge < -0.3 is 14.8 Å². The van der Waals surface area contributed by atoms with E-state index in [2.05, 4.69) is 10.3 Å². The number of anilines is 1. The van der Waals surface area contributed by atoms with E-state index in [1.807, 2.05) is 0 Å². The number of ether oxygens (including phenoxy) is 2. The predicted molar refractivity (Wildman–Crippen MR) is 110 cm³/mol. The van der Waals surface area contributed by atoms with Gasteiger partial charge in [-0.05, 0) is 25.5 Å². The Hall–Kier alpha value is -2.62. The molecule has 8 nitrogen and oxygen atoms in total. The average molecular weight is 456 g/mol. The molecule has 0 fully saturated rings. The number of hydrogen-bond acceptors (Lipinski definition) is 7. The van der Waals surface area contributed by atoms with Gasteiger partial charge >= 0.3 is 11.9 Å². The van der Waals surface area contributed by atoms with E-state index >= 15 is 0 Å². The standard InChI is InChI=1S/C18H15Cl2N3O5S/c1-7-11(17(25)27-3)16(29-13(7)18(26)28-4)22-15(24)12-8(2)21-14-10(20)5-9(19)6-23(12)14/h5-6H,1-4H3,(H,22,24). The molecule has 0 aromatic carbocycles. The molecule has 0 bridgehead atoms. The quantitative estimate of drug-likeness (QED) is 0.593. The van der Waals surface area contributed by atoms with E-state index in [0.717, 1.165) is 11.3 Å². The number of amides is 1. The number of aryl methyl sites for hydroxylation is 1. The van der Waals surface area contributed by atoms with Crippen molar-refractivity contribution < 1.29 is 23.9 Å². The van der Waals surface area contributed by atoms with Crippen LogP contribution in [0.5, 0.6) is 0 Å². The van der Waals surface area contributed by atoms with Gasteiger partial charge in [0.1, 0.15) is 15.6 Å². The molecule has 3 heterocycles. The van der Waals surface area contributed by atoms with E-state index in [-0.39, 0.29) is 26.2 Å². The lowest BCUT2D eigenvalue weighted by Crippen LogP contribution is -2.17. The minimum Gasteiger partial charge on any atom is -0.465 e. The zero-order valence-corrected chi connectivity index (χ0v) is 18.1. The van der Waals surface area contributed by atoms with E-state index in [1.54, 1.807) is 13.8 Å². The number of rotatable bonds is 4. The SMILES string of the molecule is COC(=O)c1sc(NC(=O)c2c(C)nc3c(Cl)cc(Cl)cn23)c(C(=O)OC)c1C. The highest BCUT2D eigenvalue weighted by Gasteiger charge is 2.28. The monoisotopic (exact) mass is 455 g/mol. The number of hydrogen-bond donors (Lipinski definition) is 1. The molecule has 152 valence electrons. The Morgan fingerprint density at radius 3 is 2.41 bits per heavy atom. The number of methoxy groups -OCH3 is 2. The second-order valence-corrected chi connectivity index (χ2v) is 7.81. The molecule has 3 aromatic heterocycles. The van der Waals surface area contributed by atoms with Crippen LogP contribution in [0.3, 0.4) is 0 Å². The van der Waals surface area contributed by atoms with Crippen LogP contribution in [0.15, 0.2) is 12.3 Å². The lowest BCUT2D eigenvalue weighted by molar-refractivity contribution is 0.0601. The van der Waals surface area contributed by atoms with Crippen molar-refractivity contribution >= 4 is 63.0 Å². The molecule has 0 spiro atoms. The summed E-state index contributed by atoms with van der Waals surface area (Å²) in [5.41, 5.74) is 1.39. The lowest BCUT2D eigenvalue weighted by Gasteiger charge is -2.07. The number of halogens is 2. The van der Waals surface area contributed by atoms with Crippen LogP contribution in [-0.2, 0) is 9.47 Å². The molecule has 11 heteroatoms. The Morgan fingerprint density at radius 1 is 1.14 bits per heavy atom. The maximum absolute atomic E-state index is 13.0. The number of esters is 2. The number of imidazole rings is 1. The third kappa shape index (κ3) is 3.68. The van der Waals surface area contributed by atoms with E-state index in [9.17, 15) is 14.4 Å². The number of fused-ring (bicyclic) bond motifs is 1. The van der Waals surface area contributed by atoms with Crippen molar-refractivity contribution in [1.82, 2.24) is 9.38 Å². The highest BCUT2D eigenvalue weighted by Crippen LogP contribution is 2.35. The zero-order chi connectivity index (χ0) is 21.5. The van der Waals surface area contributed by atoms with Crippen molar-refractivity contribution in [3.8, 4) is 0 Å². The summed E-state index contributed by atoms with van der Waals surface area (Å²) in [6.45, 7) is 3.22. The number of carbonyl (C=O) groups excluding carboxylic acids is 3. The van der Waals surface area contributed by atoms with Gasteiger partial charge in [-0.1, -0.05) is 23.2 Å². The van der Waals surface area contributed by atoms with Crippen molar-refractivity contribution in [3.05, 3.63) is 49.7 Å². The first kappa shape index (κ1) is 21.1. The summed E-state index contributed by atoms with van der Waals surface area (Å²) in [6, 6.07) is 1.52. The molecule has 0 saturated carbocycles. The Bertz CT molecular complexity index is 1170. The fourth-order valence-electron chi connectivity index (χ4n) is 2.86. The minimum atomic E-state index is -0.690. The van der Waals surface area contributed by atoms with E-state index in [4.69, 9.17) is 32.7 Å². The molecule has 0 unspecified atom stereocenters. The first-order chi connectivity index (χ1) is 13.7. The number of nitrogens with zero attached hydrogens (tertiary/aromatic N) is 2. The molecule has 0 atom stereocenters. The molecule has 3 rings (SSSR count). The predicted octanol–water partition coefficient (Wildman–Crippen LogP) is 4.14. The summed E-state index contributed by atoms with van der Waals surface area (Å²) in [5.74, 6) is -1.87. The third-order valence-corrected chi connectivity index (χ3v) is 5.84. The molecule has 0 aliphatic heterocycles. The van der Waals surface area contributed by atoms with Gasteiger partial charge in [0.2, 0.25) is 0 Å². The second-order valence-electron chi connectivity index (χ2n) is 5.94. The highest BCUT2D eigenvalue weighted by molar-refractivity contribution is 7.18. The van der Waals surface area contributed by atoms with Gasteiger partial charge in [0.05, 0.1) is 35.5 Å². The van der Waals surface area contributed by atoms with Crippen LogP contribution in [0.1, 0.15) is 41.8 Å². The van der Waals surface area contributed by atoms with Crippen molar-refractivity contribution in [2.45, 2.75) is 13.8 Å². The summed E-state index contributed by atoms with van der Waals surface area (Å²) in [4.78, 5) is 41.8. The van der Waals surface area contributed by atoms with Crippen molar-refractivity contribution in [1.29, 1.82) is 0 Å². The van der Waals surface area contributed by atoms with Gasteiger partial charge in [0.25, 0.3) is 5.91 Å². The first-order valence-corrected chi connectivity index (χ1v) is 9.71. The Balaban J connectivity index is 2.10. The fourth-order valence-corrected chi connectivity index (χ4v) is 4.48. The van der Waals surface area contributed by atoms with E-state index < -0.39 is 17.8 Å². The number of pyridine rings is 1. The Kier molecular flexibility index (Phi) is 5.83. The molecule has 0 radical (unpaired) electrons. The van der Waals surface area contributed by atoms with Crippen LogP contribution in [-0.4, -0.2) is 41.5 Å². The number of thiophene rings is 1. The van der Waals surface area contributed by atoms with Gasteiger partial charge in [0, 0.05) is 6.20 Å². The number of aromatic nitrogens is 2. The maximum atomic E-state index is 13.0. The average Bonchev–Trinajstić information content (AvgIpc) is 3.17. The van der Waals surface area contributed by atoms with E-state index in [1.165, 1.54) is 30.9 Å². The van der Waals surface area contributed by atoms with Gasteiger partial charge in [0.15, 0.2) is 5.65 Å². The van der Waals surface area contributed by atoms with Crippen LogP contribution in [0.2, 0.25) is 10.0 Å². The van der Waals surface area contributed by atoms with Gasteiger partial charge in [-0.3, -0.25) is 9.20 Å². The topological polar surface area (TPSA) is 99.0 Å². The molecule has 1 amide bonds. The minimum absolute atomic E-state index is 0.0776. The summed E-state index contributed by atoms with van der Waals surface area (Å²) < 4.78 is 11.0. The van der Waals surface area contributed by atoms with Crippen molar-refractivity contribution in [3.63, 3.8) is 0 Å². The molecule has 0 aliphatic carbocycles. The largest absolute Gasteiger partial charge is 0.465 e. The first-order valence-electron chi connectivity index (χ1n) is 8.14. The molecule has 1 N–H and O–H groups in total. The fraction of sp³-hybridized carbons (Fsp3) is 0.222. The Morgan fingerprint density at radius 2 is 1.79 bits per heavy atom. The van der Waals surface area contributed by atoms with Crippen molar-refractivity contribution in [2.24, 2.45) is 0 Å². The van der Waals surface area contributed by atoms with Gasteiger partial charge in [-0.2, -0.15) is 0 Å². The molecular weight excluding hydrogens is 441 g/mol. The normalized spacial score (nSPS) is 10.8. The van der Waals surface area contributed by atoms with Crippen LogP contribution in [0.25, 0.3) is 5.65 Å². The van der Waals surface area contributed by atoms with Crippen LogP contribution >= 0.6 is 34.5 Å². The molecule has 0 aliphatic rings. The van der Waals surface area contributed by atoms with Crippen molar-refractivity contribution in [2.75, 3.05) is 19.5 Å². The number of nitrogens with one attached hydrogen (secondary N) is 1. The third-order valence-electron chi connectivity index (χ3n) is 4.17. The van der Waals surface area contributed by atoms with Crippen LogP contribution in [0.4, 0.5) is 5.00 Å². The smallest absolute Gasteiger partial charge is 0.348 e. The van der Waals surface area contributed by atoms with Gasteiger partial charge in [-0.15, -0.1) is 11.3 Å². The van der Waals surface area contributed by atoms with Crippen LogP contribution < -0.4 is 5.32 Å². The maximum Gasteiger partial charge on any atom is 0.348 e. The molecule has 0 saturated heterocycles. The van der Waals surface area contributed by atoms with Crippen LogP contribution in [0, 0.1) is 13.8 Å². The lowest BCUT2D eigenvalue weighted by atomic mass is 10.1. The summed E-state index contributed by atoms with van der Waals surface area (Å²) in [6.07, 6.45) is 1.51. The Labute approximate surface area is 179 Å².